The molecule has 33 heavy (non-hydrogen) atoms. The number of aromatic amines is 1. The lowest BCUT2D eigenvalue weighted by molar-refractivity contribution is -0.192. The molecule has 0 aliphatic heterocycles. The van der Waals surface area contributed by atoms with Crippen LogP contribution >= 0.6 is 0 Å². The van der Waals surface area contributed by atoms with Gasteiger partial charge in [-0.3, -0.25) is 4.79 Å². The highest BCUT2D eigenvalue weighted by Gasteiger charge is 2.38. The predicted octanol–water partition coefficient (Wildman–Crippen LogP) is 3.90. The summed E-state index contributed by atoms with van der Waals surface area (Å²) in [5, 5.41) is 24.0. The van der Waals surface area contributed by atoms with Crippen LogP contribution in [0.1, 0.15) is 6.42 Å². The third-order valence-electron chi connectivity index (χ3n) is 4.20. The molecule has 0 saturated heterocycles. The van der Waals surface area contributed by atoms with Crippen molar-refractivity contribution in [2.24, 2.45) is 0 Å². The maximum Gasteiger partial charge on any atom is 0.490 e. The van der Waals surface area contributed by atoms with Gasteiger partial charge in [-0.15, -0.1) is 0 Å². The number of nitriles is 1. The molecule has 3 aromatic heterocycles. The molecule has 168 valence electrons. The van der Waals surface area contributed by atoms with Crippen molar-refractivity contribution < 1.29 is 27.9 Å². The number of halogens is 3. The number of aromatic nitrogens is 4. The molecule has 0 aliphatic rings. The maximum atomic E-state index is 11.6. The van der Waals surface area contributed by atoms with Crippen molar-refractivity contribution in [1.29, 1.82) is 5.26 Å². The van der Waals surface area contributed by atoms with Gasteiger partial charge in [0.15, 0.2) is 0 Å². The van der Waals surface area contributed by atoms with Crippen LogP contribution in [0.2, 0.25) is 0 Å². The van der Waals surface area contributed by atoms with Gasteiger partial charge in [0.25, 0.3) is 0 Å². The third kappa shape index (κ3) is 5.73. The van der Waals surface area contributed by atoms with Gasteiger partial charge in [-0.05, 0) is 30.3 Å². The number of hydrogen-bond acceptors (Lipinski definition) is 5. The van der Waals surface area contributed by atoms with Crippen molar-refractivity contribution in [3.63, 3.8) is 0 Å². The Balaban J connectivity index is 0.000000383. The van der Waals surface area contributed by atoms with Crippen LogP contribution in [0, 0.1) is 11.3 Å². The van der Waals surface area contributed by atoms with Crippen LogP contribution in [0.4, 0.5) is 18.9 Å². The molecule has 3 N–H and O–H groups in total. The number of carboxylic acid groups (broad SMARTS) is 1. The van der Waals surface area contributed by atoms with Gasteiger partial charge in [-0.25, -0.2) is 14.5 Å². The molecule has 4 aromatic rings. The quantitative estimate of drug-likeness (QED) is 0.426. The molecule has 9 nitrogen and oxygen atoms in total. The topological polar surface area (TPSA) is 137 Å². The molecule has 0 unspecified atom stereocenters. The van der Waals surface area contributed by atoms with Crippen LogP contribution in [-0.4, -0.2) is 42.9 Å². The Labute approximate surface area is 184 Å². The van der Waals surface area contributed by atoms with Crippen molar-refractivity contribution in [3.8, 4) is 23.0 Å². The minimum Gasteiger partial charge on any atom is -0.475 e. The highest BCUT2D eigenvalue weighted by atomic mass is 19.4. The standard InChI is InChI=1S/C19H14N6O.C2HF3O2/c20-8-4-18(26)23-14-3-1-2-13(12-14)16-7-11-25(24-16)17-6-10-22-19-15(17)5-9-21-19;3-2(4,5)1(6)7/h1-3,5-7,9-12H,4H2,(H,21,22)(H,23,26);(H,6,7). The molecule has 1 amide bonds. The van der Waals surface area contributed by atoms with E-state index >= 15 is 0 Å². The van der Waals surface area contributed by atoms with E-state index in [9.17, 15) is 18.0 Å². The Morgan fingerprint density at radius 2 is 1.97 bits per heavy atom. The Morgan fingerprint density at radius 3 is 2.67 bits per heavy atom. The summed E-state index contributed by atoms with van der Waals surface area (Å²) in [6.45, 7) is 0. The summed E-state index contributed by atoms with van der Waals surface area (Å²) in [6, 6.07) is 15.0. The van der Waals surface area contributed by atoms with E-state index in [1.54, 1.807) is 16.9 Å². The van der Waals surface area contributed by atoms with Gasteiger partial charge in [0.2, 0.25) is 5.91 Å². The number of anilines is 1. The number of pyridine rings is 1. The first kappa shape index (κ1) is 23.0. The third-order valence-corrected chi connectivity index (χ3v) is 4.20. The monoisotopic (exact) mass is 456 g/mol. The molecule has 0 atom stereocenters. The molecule has 0 bridgehead atoms. The van der Waals surface area contributed by atoms with Crippen molar-refractivity contribution in [2.45, 2.75) is 12.6 Å². The van der Waals surface area contributed by atoms with Gasteiger partial charge in [-0.1, -0.05) is 12.1 Å². The van der Waals surface area contributed by atoms with Gasteiger partial charge >= 0.3 is 12.1 Å². The van der Waals surface area contributed by atoms with E-state index in [-0.39, 0.29) is 12.3 Å². The highest BCUT2D eigenvalue weighted by molar-refractivity contribution is 5.92. The Kier molecular flexibility index (Phi) is 6.73. The number of fused-ring (bicyclic) bond motifs is 1. The summed E-state index contributed by atoms with van der Waals surface area (Å²) in [6.07, 6.45) is 0.214. The number of rotatable bonds is 4. The normalized spacial score (nSPS) is 10.7. The second kappa shape index (κ2) is 9.65. The Morgan fingerprint density at radius 1 is 1.21 bits per heavy atom. The largest absolute Gasteiger partial charge is 0.490 e. The van der Waals surface area contributed by atoms with E-state index in [0.717, 1.165) is 28.0 Å². The number of alkyl halides is 3. The van der Waals surface area contributed by atoms with Crippen LogP contribution in [0.3, 0.4) is 0 Å². The van der Waals surface area contributed by atoms with Crippen molar-refractivity contribution in [1.82, 2.24) is 19.7 Å². The number of nitrogens with one attached hydrogen (secondary N) is 2. The van der Waals surface area contributed by atoms with E-state index in [1.165, 1.54) is 0 Å². The fourth-order valence-corrected chi connectivity index (χ4v) is 2.79. The van der Waals surface area contributed by atoms with Crippen molar-refractivity contribution in [2.75, 3.05) is 5.32 Å². The summed E-state index contributed by atoms with van der Waals surface area (Å²) in [7, 11) is 0. The zero-order valence-corrected chi connectivity index (χ0v) is 16.7. The van der Waals surface area contributed by atoms with Gasteiger partial charge in [0.1, 0.15) is 12.1 Å². The van der Waals surface area contributed by atoms with Crippen LogP contribution in [-0.2, 0) is 9.59 Å². The smallest absolute Gasteiger partial charge is 0.475 e. The number of nitrogens with zero attached hydrogens (tertiary/aromatic N) is 4. The molecule has 0 spiro atoms. The fourth-order valence-electron chi connectivity index (χ4n) is 2.79. The van der Waals surface area contributed by atoms with Crippen LogP contribution in [0.15, 0.2) is 61.1 Å². The Hall–Kier alpha value is -4.66. The van der Waals surface area contributed by atoms with E-state index in [0.29, 0.717) is 5.69 Å². The first-order valence-electron chi connectivity index (χ1n) is 9.24. The van der Waals surface area contributed by atoms with E-state index in [2.05, 4.69) is 20.4 Å². The van der Waals surface area contributed by atoms with Crippen LogP contribution in [0.25, 0.3) is 28.0 Å². The molecular formula is C21H15F3N6O3. The molecule has 0 fully saturated rings. The first-order chi connectivity index (χ1) is 15.7. The number of H-pyrrole nitrogens is 1. The average molecular weight is 456 g/mol. The summed E-state index contributed by atoms with van der Waals surface area (Å²) < 4.78 is 33.5. The van der Waals surface area contributed by atoms with Crippen LogP contribution in [0.5, 0.6) is 0 Å². The molecule has 3 heterocycles. The predicted molar refractivity (Wildman–Crippen MR) is 111 cm³/mol. The lowest BCUT2D eigenvalue weighted by atomic mass is 10.1. The lowest BCUT2D eigenvalue weighted by Gasteiger charge is -2.05. The summed E-state index contributed by atoms with van der Waals surface area (Å²) in [5.41, 5.74) is 4.02. The Bertz CT molecular complexity index is 1340. The van der Waals surface area contributed by atoms with Crippen molar-refractivity contribution >= 4 is 28.6 Å². The number of aliphatic carboxylic acids is 1. The van der Waals surface area contributed by atoms with Gasteiger partial charge in [0, 0.05) is 35.2 Å². The molecular weight excluding hydrogens is 441 g/mol. The van der Waals surface area contributed by atoms with E-state index in [1.807, 2.05) is 54.9 Å². The summed E-state index contributed by atoms with van der Waals surface area (Å²) >= 11 is 0. The maximum absolute atomic E-state index is 11.6. The fraction of sp³-hybridized carbons (Fsp3) is 0.0952. The number of benzene rings is 1. The van der Waals surface area contributed by atoms with Gasteiger partial charge in [-0.2, -0.15) is 23.5 Å². The second-order valence-corrected chi connectivity index (χ2v) is 6.48. The molecule has 0 aliphatic carbocycles. The zero-order valence-electron chi connectivity index (χ0n) is 16.7. The minimum absolute atomic E-state index is 0.173. The van der Waals surface area contributed by atoms with E-state index < -0.39 is 12.1 Å². The number of carbonyl (C=O) groups is 2. The molecule has 12 heteroatoms. The second-order valence-electron chi connectivity index (χ2n) is 6.48. The SMILES string of the molecule is N#CCC(=O)Nc1cccc(-c2ccn(-c3ccnc4[nH]ccc34)n2)c1.O=C(O)C(F)(F)F. The van der Waals surface area contributed by atoms with Gasteiger partial charge in [0.05, 0.1) is 17.5 Å². The minimum atomic E-state index is -5.08. The lowest BCUT2D eigenvalue weighted by Crippen LogP contribution is -2.21. The zero-order chi connectivity index (χ0) is 24.0. The number of hydrogen-bond donors (Lipinski definition) is 3. The van der Waals surface area contributed by atoms with Crippen molar-refractivity contribution in [3.05, 3.63) is 61.1 Å². The molecule has 0 saturated carbocycles. The average Bonchev–Trinajstić information content (AvgIpc) is 3.43. The summed E-state index contributed by atoms with van der Waals surface area (Å²) in [5.74, 6) is -3.09. The molecule has 0 radical (unpaired) electrons. The van der Waals surface area contributed by atoms with Gasteiger partial charge < -0.3 is 15.4 Å². The first-order valence-corrected chi connectivity index (χ1v) is 9.24. The number of carbonyl (C=O) groups excluding carboxylic acids is 1. The summed E-state index contributed by atoms with van der Waals surface area (Å²) in [4.78, 5) is 27.9. The molecule has 1 aromatic carbocycles. The number of carboxylic acids is 1. The van der Waals surface area contributed by atoms with Crippen LogP contribution < -0.4 is 5.32 Å². The molecule has 4 rings (SSSR count). The number of amides is 1. The highest BCUT2D eigenvalue weighted by Crippen LogP contribution is 2.24. The van der Waals surface area contributed by atoms with E-state index in [4.69, 9.17) is 15.2 Å².